The van der Waals surface area contributed by atoms with Crippen molar-refractivity contribution in [2.45, 2.75) is 32.6 Å². The van der Waals surface area contributed by atoms with Crippen LogP contribution in [0.5, 0.6) is 0 Å². The van der Waals surface area contributed by atoms with Crippen LogP contribution >= 0.6 is 0 Å². The number of carbonyl (C=O) groups excluding carboxylic acids is 1. The Hall–Kier alpha value is -0.700. The topological polar surface area (TPSA) is 102 Å². The first-order valence-electron chi connectivity index (χ1n) is 7.05. The lowest BCUT2D eigenvalue weighted by molar-refractivity contribution is -0.133. The summed E-state index contributed by atoms with van der Waals surface area (Å²) in [5.41, 5.74) is 0. The molecule has 118 valence electrons. The second kappa shape index (κ2) is 8.56. The molecule has 0 aromatic heterocycles. The maximum atomic E-state index is 12.0. The fraction of sp³-hybridized carbons (Fsp3) is 0.917. The van der Waals surface area contributed by atoms with Gasteiger partial charge in [0, 0.05) is 39.3 Å². The average molecular weight is 307 g/mol. The van der Waals surface area contributed by atoms with Gasteiger partial charge in [0.1, 0.15) is 0 Å². The van der Waals surface area contributed by atoms with E-state index in [-0.39, 0.29) is 11.8 Å². The number of nitrogens with zero attached hydrogens (tertiary/aromatic N) is 1. The Morgan fingerprint density at radius 2 is 2.25 bits per heavy atom. The van der Waals surface area contributed by atoms with E-state index in [2.05, 4.69) is 4.72 Å². The van der Waals surface area contributed by atoms with E-state index in [1.165, 1.54) is 0 Å². The van der Waals surface area contributed by atoms with Gasteiger partial charge in [-0.3, -0.25) is 4.79 Å². The number of likely N-dealkylation sites (tertiary alicyclic amines) is 1. The lowest BCUT2D eigenvalue weighted by Gasteiger charge is -2.32. The Morgan fingerprint density at radius 1 is 1.50 bits per heavy atom. The number of hydrogen-bond acceptors (Lipinski definition) is 4. The lowest BCUT2D eigenvalue weighted by atomic mass is 9.98. The number of amides is 1. The van der Waals surface area contributed by atoms with Crippen LogP contribution in [0.15, 0.2) is 0 Å². The maximum absolute atomic E-state index is 12.0. The Labute approximate surface area is 121 Å². The quantitative estimate of drug-likeness (QED) is 0.608. The highest BCUT2D eigenvalue weighted by Gasteiger charge is 2.23. The third kappa shape index (κ3) is 7.18. The summed E-state index contributed by atoms with van der Waals surface area (Å²) in [5.74, 6) is 0.253. The van der Waals surface area contributed by atoms with Crippen LogP contribution in [-0.4, -0.2) is 52.1 Å². The first-order chi connectivity index (χ1) is 9.42. The van der Waals surface area contributed by atoms with Crippen molar-refractivity contribution in [1.82, 2.24) is 9.62 Å². The minimum atomic E-state index is -3.65. The molecule has 20 heavy (non-hydrogen) atoms. The fourth-order valence-electron chi connectivity index (χ4n) is 2.32. The molecule has 1 fully saturated rings. The van der Waals surface area contributed by atoms with E-state index in [4.69, 9.17) is 9.88 Å². The molecular weight excluding hydrogens is 282 g/mol. The zero-order chi connectivity index (χ0) is 15.0. The zero-order valence-electron chi connectivity index (χ0n) is 12.0. The van der Waals surface area contributed by atoms with E-state index < -0.39 is 10.2 Å². The summed E-state index contributed by atoms with van der Waals surface area (Å²) >= 11 is 0. The van der Waals surface area contributed by atoms with Crippen molar-refractivity contribution in [1.29, 1.82) is 0 Å². The van der Waals surface area contributed by atoms with Crippen molar-refractivity contribution in [3.8, 4) is 0 Å². The standard InChI is InChI=1S/C12H25N3O4S/c1-2-19-8-4-6-12(16)15-7-3-5-11(10-15)9-14-20(13,17)18/h11,14H,2-10H2,1H3,(H2,13,17,18). The van der Waals surface area contributed by atoms with Gasteiger partial charge in [-0.1, -0.05) is 0 Å². The van der Waals surface area contributed by atoms with Crippen LogP contribution in [0.4, 0.5) is 0 Å². The first-order valence-corrected chi connectivity index (χ1v) is 8.60. The minimum Gasteiger partial charge on any atom is -0.382 e. The predicted octanol–water partition coefficient (Wildman–Crippen LogP) is -0.165. The smallest absolute Gasteiger partial charge is 0.274 e. The summed E-state index contributed by atoms with van der Waals surface area (Å²) in [5, 5.41) is 4.91. The van der Waals surface area contributed by atoms with Gasteiger partial charge < -0.3 is 9.64 Å². The van der Waals surface area contributed by atoms with Crippen LogP contribution < -0.4 is 9.86 Å². The first kappa shape index (κ1) is 17.4. The molecule has 1 heterocycles. The van der Waals surface area contributed by atoms with Crippen LogP contribution in [0, 0.1) is 5.92 Å². The summed E-state index contributed by atoms with van der Waals surface area (Å²) in [6.07, 6.45) is 3.01. The molecule has 3 N–H and O–H groups in total. The molecule has 0 aliphatic carbocycles. The van der Waals surface area contributed by atoms with Crippen molar-refractivity contribution in [2.24, 2.45) is 11.1 Å². The lowest BCUT2D eigenvalue weighted by Crippen LogP contribution is -2.44. The number of ether oxygens (including phenoxy) is 1. The Morgan fingerprint density at radius 3 is 2.90 bits per heavy atom. The SMILES string of the molecule is CCOCCCC(=O)N1CCCC(CNS(N)(=O)=O)C1. The van der Waals surface area contributed by atoms with Gasteiger partial charge in [-0.25, -0.2) is 9.86 Å². The van der Waals surface area contributed by atoms with Gasteiger partial charge in [-0.05, 0) is 32.1 Å². The van der Waals surface area contributed by atoms with Gasteiger partial charge in [0.2, 0.25) is 5.91 Å². The Bertz CT molecular complexity index is 400. The summed E-state index contributed by atoms with van der Waals surface area (Å²) in [6, 6.07) is 0. The van der Waals surface area contributed by atoms with Crippen LogP contribution in [0.1, 0.15) is 32.6 Å². The molecule has 1 aliphatic rings. The summed E-state index contributed by atoms with van der Waals surface area (Å²) in [6.45, 7) is 4.83. The molecule has 1 saturated heterocycles. The average Bonchev–Trinajstić information content (AvgIpc) is 2.41. The fourth-order valence-corrected chi connectivity index (χ4v) is 2.79. The molecule has 8 heteroatoms. The number of nitrogens with two attached hydrogens (primary N) is 1. The minimum absolute atomic E-state index is 0.116. The van der Waals surface area contributed by atoms with Crippen LogP contribution in [0.25, 0.3) is 0 Å². The van der Waals surface area contributed by atoms with E-state index in [0.717, 1.165) is 25.8 Å². The van der Waals surface area contributed by atoms with E-state index >= 15 is 0 Å². The Balaban J connectivity index is 2.30. The van der Waals surface area contributed by atoms with Crippen LogP contribution in [0.2, 0.25) is 0 Å². The molecule has 1 aliphatic heterocycles. The normalized spacial score (nSPS) is 20.1. The molecule has 0 saturated carbocycles. The summed E-state index contributed by atoms with van der Waals surface area (Å²) in [4.78, 5) is 13.8. The largest absolute Gasteiger partial charge is 0.382 e. The molecule has 1 rings (SSSR count). The molecule has 0 aromatic rings. The van der Waals surface area contributed by atoms with E-state index in [9.17, 15) is 13.2 Å². The molecule has 7 nitrogen and oxygen atoms in total. The zero-order valence-corrected chi connectivity index (χ0v) is 12.8. The van der Waals surface area contributed by atoms with Crippen molar-refractivity contribution in [2.75, 3.05) is 32.8 Å². The van der Waals surface area contributed by atoms with Gasteiger partial charge in [-0.2, -0.15) is 8.42 Å². The molecule has 1 unspecified atom stereocenters. The number of carbonyl (C=O) groups is 1. The predicted molar refractivity (Wildman–Crippen MR) is 76.1 cm³/mol. The van der Waals surface area contributed by atoms with Crippen LogP contribution in [0.3, 0.4) is 0 Å². The summed E-state index contributed by atoms with van der Waals surface area (Å²) in [7, 11) is -3.65. The Kier molecular flexibility index (Phi) is 7.42. The molecule has 0 aromatic carbocycles. The third-order valence-electron chi connectivity index (χ3n) is 3.33. The van der Waals surface area contributed by atoms with Gasteiger partial charge in [-0.15, -0.1) is 0 Å². The molecule has 1 amide bonds. The highest BCUT2D eigenvalue weighted by atomic mass is 32.2. The van der Waals surface area contributed by atoms with E-state index in [1.54, 1.807) is 0 Å². The number of nitrogens with one attached hydrogen (secondary N) is 1. The second-order valence-corrected chi connectivity index (χ2v) is 6.42. The van der Waals surface area contributed by atoms with Gasteiger partial charge >= 0.3 is 0 Å². The highest BCUT2D eigenvalue weighted by molar-refractivity contribution is 7.87. The van der Waals surface area contributed by atoms with Crippen molar-refractivity contribution in [3.05, 3.63) is 0 Å². The third-order valence-corrected chi connectivity index (χ3v) is 3.90. The molecule has 0 bridgehead atoms. The molecule has 0 radical (unpaired) electrons. The van der Waals surface area contributed by atoms with Crippen molar-refractivity contribution in [3.63, 3.8) is 0 Å². The number of rotatable bonds is 8. The molecular formula is C12H25N3O4S. The highest BCUT2D eigenvalue weighted by Crippen LogP contribution is 2.17. The van der Waals surface area contributed by atoms with E-state index in [1.807, 2.05) is 11.8 Å². The van der Waals surface area contributed by atoms with Gasteiger partial charge in [0.15, 0.2) is 0 Å². The number of piperidine rings is 1. The second-order valence-electron chi connectivity index (χ2n) is 5.04. The van der Waals surface area contributed by atoms with Gasteiger partial charge in [0.25, 0.3) is 10.2 Å². The van der Waals surface area contributed by atoms with Gasteiger partial charge in [0.05, 0.1) is 0 Å². The summed E-state index contributed by atoms with van der Waals surface area (Å²) < 4.78 is 29.2. The molecule has 1 atom stereocenters. The van der Waals surface area contributed by atoms with Crippen molar-refractivity contribution >= 4 is 16.1 Å². The van der Waals surface area contributed by atoms with Crippen molar-refractivity contribution < 1.29 is 17.9 Å². The monoisotopic (exact) mass is 307 g/mol. The maximum Gasteiger partial charge on any atom is 0.274 e. The van der Waals surface area contributed by atoms with Crippen LogP contribution in [-0.2, 0) is 19.7 Å². The van der Waals surface area contributed by atoms with E-state index in [0.29, 0.717) is 32.7 Å². The number of hydrogen-bond donors (Lipinski definition) is 2. The molecule has 0 spiro atoms.